The summed E-state index contributed by atoms with van der Waals surface area (Å²) in [7, 11) is 0. The van der Waals surface area contributed by atoms with Crippen molar-refractivity contribution < 1.29 is 0 Å². The molecule has 0 rings (SSSR count). The predicted molar refractivity (Wildman–Crippen MR) is 30.2 cm³/mol. The first-order valence-electron chi connectivity index (χ1n) is 2.14. The van der Waals surface area contributed by atoms with E-state index in [0.717, 1.165) is 11.7 Å². The summed E-state index contributed by atoms with van der Waals surface area (Å²) in [5, 5.41) is 1.14. The molecule has 0 aromatic carbocycles. The van der Waals surface area contributed by atoms with E-state index < -0.39 is 0 Å². The van der Waals surface area contributed by atoms with E-state index in [4.69, 9.17) is 5.73 Å². The fourth-order valence-corrected chi connectivity index (χ4v) is 1.06. The number of hydrogen-bond donors (Lipinski definition) is 1. The van der Waals surface area contributed by atoms with Gasteiger partial charge in [-0.15, -0.1) is 0 Å². The summed E-state index contributed by atoms with van der Waals surface area (Å²) in [6.45, 7) is 2.02. The zero-order valence-electron chi connectivity index (χ0n) is 4.02. The minimum atomic E-state index is 0.383. The number of nitrogens with two attached hydrogens (primary N) is 1. The zero-order valence-corrected chi connectivity index (χ0v) is 5.89. The van der Waals surface area contributed by atoms with Gasteiger partial charge in [-0.25, -0.2) is 0 Å². The fraction of sp³-hybridized carbons (Fsp3) is 1.00. The second-order valence-corrected chi connectivity index (χ2v) is 2.43. The molecule has 0 aromatic heterocycles. The Morgan fingerprint density at radius 3 is 2.33 bits per heavy atom. The van der Waals surface area contributed by atoms with Gasteiger partial charge in [-0.05, 0) is 0 Å². The SMILES string of the molecule is C[C@@H](N)CC[SeH]. The second-order valence-electron chi connectivity index (χ2n) is 1.49. The van der Waals surface area contributed by atoms with Crippen molar-refractivity contribution in [3.8, 4) is 0 Å². The van der Waals surface area contributed by atoms with E-state index in [1.165, 1.54) is 0 Å². The van der Waals surface area contributed by atoms with Gasteiger partial charge in [0, 0.05) is 0 Å². The molecule has 0 aliphatic heterocycles. The van der Waals surface area contributed by atoms with Crippen molar-refractivity contribution in [1.29, 1.82) is 0 Å². The molecule has 2 heteroatoms. The van der Waals surface area contributed by atoms with Gasteiger partial charge in [0.2, 0.25) is 0 Å². The van der Waals surface area contributed by atoms with E-state index in [-0.39, 0.29) is 0 Å². The quantitative estimate of drug-likeness (QED) is 0.555. The zero-order chi connectivity index (χ0) is 4.99. The molecule has 0 fully saturated rings. The average molecular weight is 152 g/mol. The third kappa shape index (κ3) is 4.48. The predicted octanol–water partition coefficient (Wildman–Crippen LogP) is 0.0428. The van der Waals surface area contributed by atoms with E-state index in [1.807, 2.05) is 6.92 Å². The molecule has 6 heavy (non-hydrogen) atoms. The Bertz CT molecular complexity index is 28.7. The molecule has 0 aliphatic rings. The molecule has 38 valence electrons. The van der Waals surface area contributed by atoms with Gasteiger partial charge in [0.25, 0.3) is 0 Å². The first-order chi connectivity index (χ1) is 2.77. The molecule has 0 bridgehead atoms. The first-order valence-corrected chi connectivity index (χ1v) is 3.46. The number of hydrogen-bond acceptors (Lipinski definition) is 1. The Morgan fingerprint density at radius 2 is 2.33 bits per heavy atom. The maximum atomic E-state index is 5.39. The molecule has 0 saturated heterocycles. The Balaban J connectivity index is 2.63. The average Bonchev–Trinajstić information content (AvgIpc) is 1.35. The van der Waals surface area contributed by atoms with Gasteiger partial charge in [0.1, 0.15) is 0 Å². The Kier molecular flexibility index (Phi) is 3.95. The second kappa shape index (κ2) is 3.66. The van der Waals surface area contributed by atoms with Crippen LogP contribution in [0, 0.1) is 0 Å². The number of rotatable bonds is 2. The fourth-order valence-electron chi connectivity index (χ4n) is 0.204. The van der Waals surface area contributed by atoms with Gasteiger partial charge in [0.15, 0.2) is 0 Å². The topological polar surface area (TPSA) is 26.0 Å². The van der Waals surface area contributed by atoms with Crippen molar-refractivity contribution in [3.05, 3.63) is 0 Å². The Labute approximate surface area is 47.1 Å². The van der Waals surface area contributed by atoms with E-state index >= 15 is 0 Å². The summed E-state index contributed by atoms with van der Waals surface area (Å²) in [5.74, 6) is 0. The van der Waals surface area contributed by atoms with Crippen molar-refractivity contribution in [2.24, 2.45) is 5.73 Å². The van der Waals surface area contributed by atoms with Gasteiger partial charge in [0.05, 0.1) is 0 Å². The molecule has 0 radical (unpaired) electrons. The van der Waals surface area contributed by atoms with Crippen LogP contribution in [0.15, 0.2) is 0 Å². The van der Waals surface area contributed by atoms with Gasteiger partial charge in [-0.3, -0.25) is 0 Å². The van der Waals surface area contributed by atoms with Crippen LogP contribution < -0.4 is 5.73 Å². The molecule has 2 N–H and O–H groups in total. The monoisotopic (exact) mass is 153 g/mol. The van der Waals surface area contributed by atoms with Crippen LogP contribution >= 0.6 is 0 Å². The van der Waals surface area contributed by atoms with Crippen LogP contribution in [0.1, 0.15) is 13.3 Å². The van der Waals surface area contributed by atoms with Crippen molar-refractivity contribution in [3.63, 3.8) is 0 Å². The minimum absolute atomic E-state index is 0.383. The van der Waals surface area contributed by atoms with Gasteiger partial charge >= 0.3 is 46.5 Å². The van der Waals surface area contributed by atoms with E-state index in [1.54, 1.807) is 0 Å². The Hall–Kier alpha value is 0.479. The molecule has 0 aromatic rings. The van der Waals surface area contributed by atoms with Crippen LogP contribution in [0.25, 0.3) is 0 Å². The first kappa shape index (κ1) is 6.48. The molecule has 0 aliphatic carbocycles. The molecule has 0 unspecified atom stereocenters. The summed E-state index contributed by atoms with van der Waals surface area (Å²) >= 11 is 2.52. The normalized spacial score (nSPS) is 14.5. The van der Waals surface area contributed by atoms with Crippen LogP contribution in [0.2, 0.25) is 5.32 Å². The van der Waals surface area contributed by atoms with Crippen molar-refractivity contribution >= 4 is 16.0 Å². The third-order valence-electron chi connectivity index (χ3n) is 0.584. The summed E-state index contributed by atoms with van der Waals surface area (Å²) in [6.07, 6.45) is 1.12. The molecule has 0 amide bonds. The molecule has 1 atom stereocenters. The summed E-state index contributed by atoms with van der Waals surface area (Å²) in [5.41, 5.74) is 5.39. The summed E-state index contributed by atoms with van der Waals surface area (Å²) < 4.78 is 0. The van der Waals surface area contributed by atoms with Crippen LogP contribution in [-0.2, 0) is 0 Å². The van der Waals surface area contributed by atoms with Crippen molar-refractivity contribution in [2.45, 2.75) is 24.7 Å². The Morgan fingerprint density at radius 1 is 1.83 bits per heavy atom. The van der Waals surface area contributed by atoms with E-state index in [9.17, 15) is 0 Å². The maximum absolute atomic E-state index is 5.39. The molecule has 1 nitrogen and oxygen atoms in total. The molecular weight excluding hydrogens is 141 g/mol. The van der Waals surface area contributed by atoms with Crippen LogP contribution in [0.4, 0.5) is 0 Å². The molecular formula is C4H11NSe. The third-order valence-corrected chi connectivity index (χ3v) is 1.13. The molecule has 0 spiro atoms. The van der Waals surface area contributed by atoms with Gasteiger partial charge in [-0.2, -0.15) is 0 Å². The van der Waals surface area contributed by atoms with Crippen LogP contribution in [0.5, 0.6) is 0 Å². The summed E-state index contributed by atoms with van der Waals surface area (Å²) in [6, 6.07) is 0.383. The van der Waals surface area contributed by atoms with Crippen LogP contribution in [-0.4, -0.2) is 22.1 Å². The molecule has 0 saturated carbocycles. The summed E-state index contributed by atoms with van der Waals surface area (Å²) in [4.78, 5) is 0. The van der Waals surface area contributed by atoms with E-state index in [2.05, 4.69) is 16.0 Å². The van der Waals surface area contributed by atoms with Crippen LogP contribution in [0.3, 0.4) is 0 Å². The van der Waals surface area contributed by atoms with Gasteiger partial charge < -0.3 is 0 Å². The molecule has 0 heterocycles. The van der Waals surface area contributed by atoms with E-state index in [0.29, 0.717) is 6.04 Å². The van der Waals surface area contributed by atoms with Gasteiger partial charge in [-0.1, -0.05) is 0 Å². The van der Waals surface area contributed by atoms with Crippen molar-refractivity contribution in [1.82, 2.24) is 0 Å². The standard InChI is InChI=1S/C4H11NSe/c1-4(5)2-3-6/h4,6H,2-3,5H2,1H3/t4-/m1/s1. The van der Waals surface area contributed by atoms with Crippen molar-refractivity contribution in [2.75, 3.05) is 0 Å².